The highest BCUT2D eigenvalue weighted by atomic mass is 32.2. The lowest BCUT2D eigenvalue weighted by molar-refractivity contribution is 0.409. The first-order valence-corrected chi connectivity index (χ1v) is 21.8. The number of rotatable bonds is 37. The second kappa shape index (κ2) is 36.3. The second-order valence-electron chi connectivity index (χ2n) is 14.1. The second-order valence-corrected chi connectivity index (χ2v) is 15.6. The van der Waals surface area contributed by atoms with Crippen LogP contribution in [0.15, 0.2) is 36.5 Å². The summed E-state index contributed by atoms with van der Waals surface area (Å²) in [6, 6.07) is 0.0365. The zero-order valence-electron chi connectivity index (χ0n) is 31.9. The molecule has 0 aliphatic heterocycles. The molecule has 0 bridgehead atoms. The molecule has 2 N–H and O–H groups in total. The average Bonchev–Trinajstić information content (AvgIpc) is 3.03. The summed E-state index contributed by atoms with van der Waals surface area (Å²) in [5, 5.41) is 0. The minimum absolute atomic E-state index is 0.0365. The Morgan fingerprint density at radius 1 is 0.511 bits per heavy atom. The molecule has 0 fully saturated rings. The zero-order chi connectivity index (χ0) is 34.5. The number of hydrogen-bond acceptors (Lipinski definition) is 3. The number of nitrogens with zero attached hydrogens (tertiary/aromatic N) is 1. The molecule has 1 unspecified atom stereocenters. The lowest BCUT2D eigenvalue weighted by Crippen LogP contribution is -2.44. The van der Waals surface area contributed by atoms with Crippen molar-refractivity contribution < 1.29 is 8.42 Å². The maximum absolute atomic E-state index is 12.7. The molecule has 0 heterocycles. The van der Waals surface area contributed by atoms with Gasteiger partial charge in [0.2, 0.25) is 0 Å². The Kier molecular flexibility index (Phi) is 35.6. The summed E-state index contributed by atoms with van der Waals surface area (Å²) in [5.74, 6) is 0. The van der Waals surface area contributed by atoms with Crippen molar-refractivity contribution in [2.75, 3.05) is 27.2 Å². The normalized spacial score (nSPS) is 13.3. The van der Waals surface area contributed by atoms with Gasteiger partial charge < -0.3 is 4.90 Å². The minimum atomic E-state index is -3.46. The highest BCUT2D eigenvalue weighted by Crippen LogP contribution is 2.16. The van der Waals surface area contributed by atoms with Gasteiger partial charge in [0, 0.05) is 19.1 Å². The van der Waals surface area contributed by atoms with Crippen molar-refractivity contribution in [1.29, 1.82) is 0 Å². The maximum Gasteiger partial charge on any atom is 0.277 e. The number of unbranched alkanes of at least 4 members (excludes halogenated alkanes) is 21. The lowest BCUT2D eigenvalue weighted by Gasteiger charge is -2.20. The summed E-state index contributed by atoms with van der Waals surface area (Å²) in [7, 11) is 0.461. The number of hydrogen-bond donors (Lipinski definition) is 2. The Labute approximate surface area is 295 Å². The largest absolute Gasteiger partial charge is 0.308 e. The van der Waals surface area contributed by atoms with E-state index in [-0.39, 0.29) is 6.04 Å². The molecule has 0 saturated heterocycles. The van der Waals surface area contributed by atoms with Crippen LogP contribution in [0, 0.1) is 0 Å². The van der Waals surface area contributed by atoms with Gasteiger partial charge in [-0.1, -0.05) is 159 Å². The Hall–Kier alpha value is -0.950. The van der Waals surface area contributed by atoms with Crippen LogP contribution in [-0.2, 0) is 10.2 Å². The first-order valence-electron chi connectivity index (χ1n) is 20.3. The van der Waals surface area contributed by atoms with Crippen LogP contribution < -0.4 is 9.44 Å². The molecular formula is C41H81N3O2S. The van der Waals surface area contributed by atoms with Crippen molar-refractivity contribution in [2.24, 2.45) is 0 Å². The monoisotopic (exact) mass is 680 g/mol. The van der Waals surface area contributed by atoms with Gasteiger partial charge in [-0.05, 0) is 84.7 Å². The van der Waals surface area contributed by atoms with E-state index in [0.717, 1.165) is 32.1 Å². The third-order valence-electron chi connectivity index (χ3n) is 8.99. The molecule has 5 nitrogen and oxygen atoms in total. The van der Waals surface area contributed by atoms with E-state index in [4.69, 9.17) is 0 Å². The molecule has 0 aromatic rings. The topological polar surface area (TPSA) is 61.4 Å². The summed E-state index contributed by atoms with van der Waals surface area (Å²) in [4.78, 5) is 2.00. The van der Waals surface area contributed by atoms with E-state index in [1.165, 1.54) is 148 Å². The van der Waals surface area contributed by atoms with Gasteiger partial charge in [-0.25, -0.2) is 4.72 Å². The standard InChI is InChI=1S/C41H81N3O2S/c1-5-7-9-11-13-15-17-19-21-23-25-27-29-31-33-35-37-41(43-47(45,46)42-39-40-44(3)4)38-36-34-32-30-28-26-24-22-20-18-16-14-12-10-8-6-2/h13,15,19-22,41-43H,5-12,14,16-18,23-40H2,1-4H3/b15-13-,21-19-,22-20-. The molecule has 0 saturated carbocycles. The molecule has 0 aromatic heterocycles. The van der Waals surface area contributed by atoms with E-state index in [1.807, 2.05) is 19.0 Å². The number of allylic oxidation sites excluding steroid dienone is 6. The van der Waals surface area contributed by atoms with Crippen molar-refractivity contribution in [3.05, 3.63) is 36.5 Å². The van der Waals surface area contributed by atoms with Crippen LogP contribution in [-0.4, -0.2) is 46.5 Å². The molecule has 0 aliphatic rings. The van der Waals surface area contributed by atoms with E-state index in [9.17, 15) is 8.42 Å². The summed E-state index contributed by atoms with van der Waals surface area (Å²) in [6.07, 6.45) is 48.9. The first-order chi connectivity index (χ1) is 22.9. The first kappa shape index (κ1) is 46.0. The molecule has 0 aromatic carbocycles. The van der Waals surface area contributed by atoms with E-state index in [0.29, 0.717) is 13.1 Å². The predicted molar refractivity (Wildman–Crippen MR) is 210 cm³/mol. The lowest BCUT2D eigenvalue weighted by atomic mass is 10.0. The van der Waals surface area contributed by atoms with Crippen LogP contribution in [0.1, 0.15) is 194 Å². The third kappa shape index (κ3) is 37.7. The van der Waals surface area contributed by atoms with Gasteiger partial charge in [-0.15, -0.1) is 0 Å². The van der Waals surface area contributed by atoms with Crippen LogP contribution in [0.5, 0.6) is 0 Å². The van der Waals surface area contributed by atoms with Crippen LogP contribution in [0.2, 0.25) is 0 Å². The fraction of sp³-hybridized carbons (Fsp3) is 0.854. The number of nitrogens with one attached hydrogen (secondary N) is 2. The predicted octanol–water partition coefficient (Wildman–Crippen LogP) is 12.0. The van der Waals surface area contributed by atoms with Gasteiger partial charge >= 0.3 is 0 Å². The van der Waals surface area contributed by atoms with E-state index in [2.05, 4.69) is 59.7 Å². The van der Waals surface area contributed by atoms with E-state index < -0.39 is 10.2 Å². The van der Waals surface area contributed by atoms with Gasteiger partial charge in [-0.2, -0.15) is 13.1 Å². The van der Waals surface area contributed by atoms with Crippen molar-refractivity contribution in [2.45, 2.75) is 200 Å². The van der Waals surface area contributed by atoms with Gasteiger partial charge in [-0.3, -0.25) is 0 Å². The van der Waals surface area contributed by atoms with Gasteiger partial charge in [0.1, 0.15) is 0 Å². The fourth-order valence-electron chi connectivity index (χ4n) is 5.94. The van der Waals surface area contributed by atoms with Crippen LogP contribution in [0.4, 0.5) is 0 Å². The van der Waals surface area contributed by atoms with Crippen LogP contribution >= 0.6 is 0 Å². The fourth-order valence-corrected chi connectivity index (χ4v) is 7.06. The minimum Gasteiger partial charge on any atom is -0.308 e. The summed E-state index contributed by atoms with van der Waals surface area (Å²) >= 11 is 0. The summed E-state index contributed by atoms with van der Waals surface area (Å²) < 4.78 is 31.2. The molecule has 1 atom stereocenters. The Morgan fingerprint density at radius 2 is 0.872 bits per heavy atom. The Bertz CT molecular complexity index is 823. The molecular weight excluding hydrogens is 599 g/mol. The zero-order valence-corrected chi connectivity index (χ0v) is 32.7. The van der Waals surface area contributed by atoms with Crippen molar-refractivity contribution in [1.82, 2.24) is 14.3 Å². The van der Waals surface area contributed by atoms with Crippen LogP contribution in [0.3, 0.4) is 0 Å². The SMILES string of the molecule is CCCCC/C=C\C/C=C\CCCCCCCCC(CCCCCCCC/C=C\CCCCCCCC)NS(=O)(=O)NCCN(C)C. The average molecular weight is 680 g/mol. The molecule has 47 heavy (non-hydrogen) atoms. The molecule has 0 amide bonds. The van der Waals surface area contributed by atoms with Crippen molar-refractivity contribution >= 4 is 10.2 Å². The van der Waals surface area contributed by atoms with E-state index >= 15 is 0 Å². The highest BCUT2D eigenvalue weighted by molar-refractivity contribution is 7.87. The third-order valence-corrected chi connectivity index (χ3v) is 10.2. The molecule has 0 spiro atoms. The number of likely N-dealkylation sites (N-methyl/N-ethyl adjacent to an activating group) is 1. The Morgan fingerprint density at radius 3 is 1.32 bits per heavy atom. The van der Waals surface area contributed by atoms with Crippen molar-refractivity contribution in [3.8, 4) is 0 Å². The quantitative estimate of drug-likeness (QED) is 0.0507. The molecule has 0 rings (SSSR count). The van der Waals surface area contributed by atoms with Gasteiger partial charge in [0.25, 0.3) is 10.2 Å². The van der Waals surface area contributed by atoms with Gasteiger partial charge in [0.05, 0.1) is 0 Å². The molecule has 278 valence electrons. The smallest absolute Gasteiger partial charge is 0.277 e. The summed E-state index contributed by atoms with van der Waals surface area (Å²) in [6.45, 7) is 5.67. The van der Waals surface area contributed by atoms with Crippen molar-refractivity contribution in [3.63, 3.8) is 0 Å². The van der Waals surface area contributed by atoms with Gasteiger partial charge in [0.15, 0.2) is 0 Å². The maximum atomic E-state index is 12.7. The molecule has 6 heteroatoms. The summed E-state index contributed by atoms with van der Waals surface area (Å²) in [5.41, 5.74) is 0. The molecule has 0 radical (unpaired) electrons. The molecule has 0 aliphatic carbocycles. The highest BCUT2D eigenvalue weighted by Gasteiger charge is 2.17. The van der Waals surface area contributed by atoms with E-state index in [1.54, 1.807) is 0 Å². The Balaban J connectivity index is 4.11. The van der Waals surface area contributed by atoms with Crippen LogP contribution in [0.25, 0.3) is 0 Å².